The molecule has 0 saturated heterocycles. The summed E-state index contributed by atoms with van der Waals surface area (Å²) in [7, 11) is 0. The third-order valence-corrected chi connectivity index (χ3v) is 4.38. The fourth-order valence-electron chi connectivity index (χ4n) is 2.79. The molecule has 0 rings (SSSR count). The summed E-state index contributed by atoms with van der Waals surface area (Å²) >= 11 is 0. The van der Waals surface area contributed by atoms with Crippen molar-refractivity contribution in [3.05, 3.63) is 12.2 Å². The molecule has 24 heavy (non-hydrogen) atoms. The first-order valence-electron chi connectivity index (χ1n) is 9.90. The number of hydrogen-bond acceptors (Lipinski definition) is 1. The minimum Gasteiger partial charge on any atom is -0.380 e. The third-order valence-electron chi connectivity index (χ3n) is 4.38. The van der Waals surface area contributed by atoms with E-state index in [1.54, 1.807) is 0 Å². The van der Waals surface area contributed by atoms with Crippen LogP contribution in [0.3, 0.4) is 0 Å². The standard InChI is InChI=1S/C20H37F3O/c1-2-3-4-5-6-7-8-9-10-11-12-13-14-15-16-17-18-19(24)20(21,22)23/h17-19,24H,2-16H2,1H3/b18-17+. The van der Waals surface area contributed by atoms with Gasteiger partial charge in [-0.25, -0.2) is 0 Å². The predicted octanol–water partition coefficient (Wildman–Crippen LogP) is 7.34. The lowest BCUT2D eigenvalue weighted by molar-refractivity contribution is -0.187. The molecule has 0 aromatic heterocycles. The van der Waals surface area contributed by atoms with E-state index in [0.717, 1.165) is 25.3 Å². The Hall–Kier alpha value is -0.510. The molecule has 0 bridgehead atoms. The summed E-state index contributed by atoms with van der Waals surface area (Å²) in [5.74, 6) is 0. The van der Waals surface area contributed by atoms with E-state index in [4.69, 9.17) is 5.11 Å². The van der Waals surface area contributed by atoms with Gasteiger partial charge in [0.15, 0.2) is 6.10 Å². The summed E-state index contributed by atoms with van der Waals surface area (Å²) in [5, 5.41) is 8.79. The second kappa shape index (κ2) is 16.0. The van der Waals surface area contributed by atoms with Gasteiger partial charge in [-0.05, 0) is 12.8 Å². The normalized spacial score (nSPS) is 13.7. The molecule has 1 unspecified atom stereocenters. The maximum Gasteiger partial charge on any atom is 0.417 e. The first-order valence-corrected chi connectivity index (χ1v) is 9.90. The van der Waals surface area contributed by atoms with Crippen molar-refractivity contribution in [3.63, 3.8) is 0 Å². The van der Waals surface area contributed by atoms with Gasteiger partial charge in [0, 0.05) is 0 Å². The highest BCUT2D eigenvalue weighted by atomic mass is 19.4. The molecule has 0 aliphatic heterocycles. The first kappa shape index (κ1) is 23.5. The second-order valence-corrected chi connectivity index (χ2v) is 6.80. The molecule has 4 heteroatoms. The maximum atomic E-state index is 12.0. The molecule has 0 saturated carbocycles. The van der Waals surface area contributed by atoms with Gasteiger partial charge in [-0.3, -0.25) is 0 Å². The van der Waals surface area contributed by atoms with Gasteiger partial charge in [0.2, 0.25) is 0 Å². The summed E-state index contributed by atoms with van der Waals surface area (Å²) in [6, 6.07) is 0. The quantitative estimate of drug-likeness (QED) is 0.228. The number of allylic oxidation sites excluding steroid dienone is 1. The van der Waals surface area contributed by atoms with Crippen molar-refractivity contribution in [2.24, 2.45) is 0 Å². The summed E-state index contributed by atoms with van der Waals surface area (Å²) in [6.07, 6.45) is 13.9. The molecule has 0 aromatic carbocycles. The molecule has 0 amide bonds. The van der Waals surface area contributed by atoms with Crippen LogP contribution in [0.15, 0.2) is 12.2 Å². The van der Waals surface area contributed by atoms with Gasteiger partial charge in [0.05, 0.1) is 0 Å². The number of aliphatic hydroxyl groups is 1. The molecule has 1 N–H and O–H groups in total. The van der Waals surface area contributed by atoms with Gasteiger partial charge in [-0.1, -0.05) is 103 Å². The van der Waals surface area contributed by atoms with Crippen LogP contribution in [0.5, 0.6) is 0 Å². The fourth-order valence-corrected chi connectivity index (χ4v) is 2.79. The number of hydrogen-bond donors (Lipinski definition) is 1. The van der Waals surface area contributed by atoms with E-state index in [9.17, 15) is 13.2 Å². The zero-order valence-corrected chi connectivity index (χ0v) is 15.4. The van der Waals surface area contributed by atoms with Crippen molar-refractivity contribution >= 4 is 0 Å². The molecular weight excluding hydrogens is 313 g/mol. The van der Waals surface area contributed by atoms with Crippen LogP contribution < -0.4 is 0 Å². The molecule has 1 atom stereocenters. The smallest absolute Gasteiger partial charge is 0.380 e. The maximum absolute atomic E-state index is 12.0. The Balaban J connectivity index is 3.19. The van der Waals surface area contributed by atoms with Crippen LogP contribution in [-0.4, -0.2) is 17.4 Å². The van der Waals surface area contributed by atoms with Crippen LogP contribution in [0.2, 0.25) is 0 Å². The van der Waals surface area contributed by atoms with Crippen LogP contribution in [0.25, 0.3) is 0 Å². The molecule has 0 fully saturated rings. The van der Waals surface area contributed by atoms with E-state index < -0.39 is 12.3 Å². The van der Waals surface area contributed by atoms with Crippen molar-refractivity contribution in [2.75, 3.05) is 0 Å². The average molecular weight is 351 g/mol. The molecule has 144 valence electrons. The van der Waals surface area contributed by atoms with Crippen LogP contribution in [-0.2, 0) is 0 Å². The molecule has 0 spiro atoms. The van der Waals surface area contributed by atoms with Gasteiger partial charge in [0.1, 0.15) is 0 Å². The number of halogens is 3. The Bertz CT molecular complexity index is 287. The van der Waals surface area contributed by atoms with Crippen molar-refractivity contribution < 1.29 is 18.3 Å². The zero-order valence-electron chi connectivity index (χ0n) is 15.4. The predicted molar refractivity (Wildman–Crippen MR) is 96.1 cm³/mol. The van der Waals surface area contributed by atoms with E-state index in [0.29, 0.717) is 6.42 Å². The van der Waals surface area contributed by atoms with Gasteiger partial charge in [-0.15, -0.1) is 0 Å². The van der Waals surface area contributed by atoms with Crippen molar-refractivity contribution in [2.45, 2.75) is 116 Å². The molecule has 0 radical (unpaired) electrons. The van der Waals surface area contributed by atoms with E-state index in [2.05, 4.69) is 6.92 Å². The second-order valence-electron chi connectivity index (χ2n) is 6.80. The monoisotopic (exact) mass is 350 g/mol. The molecule has 0 aliphatic carbocycles. The molecule has 0 aromatic rings. The minimum atomic E-state index is -4.54. The highest BCUT2D eigenvalue weighted by Crippen LogP contribution is 2.21. The summed E-state index contributed by atoms with van der Waals surface area (Å²) in [6.45, 7) is 2.25. The minimum absolute atomic E-state index is 0.616. The molecule has 0 heterocycles. The van der Waals surface area contributed by atoms with E-state index in [-0.39, 0.29) is 0 Å². The van der Waals surface area contributed by atoms with Crippen LogP contribution in [0, 0.1) is 0 Å². The topological polar surface area (TPSA) is 20.2 Å². The highest BCUT2D eigenvalue weighted by Gasteiger charge is 2.35. The van der Waals surface area contributed by atoms with Gasteiger partial charge < -0.3 is 5.11 Å². The molecule has 1 nitrogen and oxygen atoms in total. The summed E-state index contributed by atoms with van der Waals surface area (Å²) < 4.78 is 36.1. The zero-order chi connectivity index (χ0) is 18.1. The number of aliphatic hydroxyl groups excluding tert-OH is 1. The van der Waals surface area contributed by atoms with Crippen molar-refractivity contribution in [1.29, 1.82) is 0 Å². The number of alkyl halides is 3. The first-order chi connectivity index (χ1) is 11.5. The van der Waals surface area contributed by atoms with Gasteiger partial charge in [0.25, 0.3) is 0 Å². The number of rotatable bonds is 16. The lowest BCUT2D eigenvalue weighted by atomic mass is 10.0. The lowest BCUT2D eigenvalue weighted by Crippen LogP contribution is -2.25. The van der Waals surface area contributed by atoms with Gasteiger partial charge >= 0.3 is 6.18 Å². The Morgan fingerprint density at radius 1 is 0.708 bits per heavy atom. The Morgan fingerprint density at radius 2 is 1.08 bits per heavy atom. The van der Waals surface area contributed by atoms with E-state index in [1.165, 1.54) is 76.7 Å². The van der Waals surface area contributed by atoms with Crippen molar-refractivity contribution in [1.82, 2.24) is 0 Å². The molecular formula is C20H37F3O. The number of unbranched alkanes of at least 4 members (excludes halogenated alkanes) is 14. The largest absolute Gasteiger partial charge is 0.417 e. The summed E-state index contributed by atoms with van der Waals surface area (Å²) in [5.41, 5.74) is 0. The van der Waals surface area contributed by atoms with Crippen molar-refractivity contribution in [3.8, 4) is 0 Å². The van der Waals surface area contributed by atoms with Crippen LogP contribution >= 0.6 is 0 Å². The van der Waals surface area contributed by atoms with Crippen LogP contribution in [0.4, 0.5) is 13.2 Å². The summed E-state index contributed by atoms with van der Waals surface area (Å²) in [4.78, 5) is 0. The third kappa shape index (κ3) is 16.4. The SMILES string of the molecule is CCCCCCCCCCCCCCCC/C=C/C(O)C(F)(F)F. The van der Waals surface area contributed by atoms with E-state index >= 15 is 0 Å². The lowest BCUT2D eigenvalue weighted by Gasteiger charge is -2.09. The molecule has 0 aliphatic rings. The van der Waals surface area contributed by atoms with Gasteiger partial charge in [-0.2, -0.15) is 13.2 Å². The Morgan fingerprint density at radius 3 is 1.46 bits per heavy atom. The Labute approximate surface area is 146 Å². The average Bonchev–Trinajstić information content (AvgIpc) is 2.53. The fraction of sp³-hybridized carbons (Fsp3) is 0.900. The van der Waals surface area contributed by atoms with E-state index in [1.807, 2.05) is 0 Å². The highest BCUT2D eigenvalue weighted by molar-refractivity contribution is 4.92. The Kier molecular flexibility index (Phi) is 15.6. The van der Waals surface area contributed by atoms with Crippen LogP contribution in [0.1, 0.15) is 103 Å².